The zero-order chi connectivity index (χ0) is 11.3. The van der Waals surface area contributed by atoms with Crippen LogP contribution in [0, 0.1) is 20.8 Å². The van der Waals surface area contributed by atoms with Crippen LogP contribution in [0.5, 0.6) is 0 Å². The van der Waals surface area contributed by atoms with Crippen molar-refractivity contribution in [2.45, 2.75) is 4.90 Å². The number of nitrogens with two attached hydrogens (primary N) is 1. The molecule has 0 aromatic heterocycles. The molecule has 0 aliphatic carbocycles. The fraction of sp³-hybridized carbons (Fsp3) is 0.125. The molecule has 0 heterocycles. The summed E-state index contributed by atoms with van der Waals surface area (Å²) in [5.74, 6) is 0. The summed E-state index contributed by atoms with van der Waals surface area (Å²) in [6.45, 7) is 0. The van der Waals surface area contributed by atoms with E-state index in [1.54, 1.807) is 6.07 Å². The number of nitro benzene ring substituents is 1. The second-order valence-corrected chi connectivity index (χ2v) is 4.65. The van der Waals surface area contributed by atoms with E-state index in [0.29, 0.717) is 5.08 Å². The molecule has 0 atom stereocenters. The molecule has 0 fully saturated rings. The molecule has 1 aromatic rings. The molecular formula is C8H7N3O2S2. The highest BCUT2D eigenvalue weighted by atomic mass is 32.2. The fourth-order valence-corrected chi connectivity index (χ4v) is 2.25. The molecule has 0 saturated carbocycles. The largest absolute Gasteiger partial charge is 0.393 e. The highest BCUT2D eigenvalue weighted by molar-refractivity contribution is 8.18. The molecule has 0 saturated heterocycles. The van der Waals surface area contributed by atoms with Gasteiger partial charge in [0.05, 0.1) is 10.0 Å². The molecule has 0 spiro atoms. The predicted molar refractivity (Wildman–Crippen MR) is 61.4 cm³/mol. The van der Waals surface area contributed by atoms with Gasteiger partial charge in [-0.25, -0.2) is 0 Å². The molecule has 0 amide bonds. The van der Waals surface area contributed by atoms with Gasteiger partial charge in [-0.1, -0.05) is 0 Å². The van der Waals surface area contributed by atoms with Gasteiger partial charge in [0.1, 0.15) is 11.1 Å². The number of thioether (sulfide) groups is 2. The first-order chi connectivity index (χ1) is 7.15. The molecule has 78 valence electrons. The third-order valence-electron chi connectivity index (χ3n) is 1.55. The highest BCUT2D eigenvalue weighted by Gasteiger charge is 2.11. The lowest BCUT2D eigenvalue weighted by molar-refractivity contribution is -0.384. The number of hydrogen-bond donors (Lipinski definition) is 1. The number of nitriles is 1. The molecular weight excluding hydrogens is 234 g/mol. The van der Waals surface area contributed by atoms with Gasteiger partial charge in [0.15, 0.2) is 0 Å². The highest BCUT2D eigenvalue weighted by Crippen LogP contribution is 2.29. The van der Waals surface area contributed by atoms with Crippen molar-refractivity contribution in [3.05, 3.63) is 28.3 Å². The Bertz CT molecular complexity index is 417. The van der Waals surface area contributed by atoms with E-state index in [4.69, 9.17) is 11.0 Å². The van der Waals surface area contributed by atoms with Crippen molar-refractivity contribution in [1.82, 2.24) is 0 Å². The van der Waals surface area contributed by atoms with E-state index in [1.165, 1.54) is 23.9 Å². The summed E-state index contributed by atoms with van der Waals surface area (Å²) < 4.78 is 0. The fourth-order valence-electron chi connectivity index (χ4n) is 0.895. The number of anilines is 1. The normalized spacial score (nSPS) is 9.53. The van der Waals surface area contributed by atoms with Crippen LogP contribution >= 0.6 is 23.5 Å². The first-order valence-electron chi connectivity index (χ1n) is 3.82. The summed E-state index contributed by atoms with van der Waals surface area (Å²) in [7, 11) is 0. The van der Waals surface area contributed by atoms with Crippen LogP contribution in [0.1, 0.15) is 0 Å². The van der Waals surface area contributed by atoms with E-state index in [0.717, 1.165) is 16.7 Å². The van der Waals surface area contributed by atoms with E-state index in [1.807, 2.05) is 5.40 Å². The first-order valence-corrected chi connectivity index (χ1v) is 5.80. The number of benzene rings is 1. The van der Waals surface area contributed by atoms with E-state index >= 15 is 0 Å². The lowest BCUT2D eigenvalue weighted by Crippen LogP contribution is -1.95. The molecule has 1 aromatic carbocycles. The predicted octanol–water partition coefficient (Wildman–Crippen LogP) is 2.44. The van der Waals surface area contributed by atoms with Crippen molar-refractivity contribution in [2.24, 2.45) is 0 Å². The topological polar surface area (TPSA) is 93.0 Å². The van der Waals surface area contributed by atoms with Crippen LogP contribution in [0.4, 0.5) is 11.4 Å². The van der Waals surface area contributed by atoms with Gasteiger partial charge in [-0.2, -0.15) is 5.26 Å². The lowest BCUT2D eigenvalue weighted by Gasteiger charge is -2.00. The summed E-state index contributed by atoms with van der Waals surface area (Å²) in [5.41, 5.74) is 5.49. The Labute approximate surface area is 94.8 Å². The number of nitrogens with zero attached hydrogens (tertiary/aromatic N) is 2. The van der Waals surface area contributed by atoms with Gasteiger partial charge >= 0.3 is 0 Å². The molecule has 0 unspecified atom stereocenters. The summed E-state index contributed by atoms with van der Waals surface area (Å²) in [6.07, 6.45) is 0. The summed E-state index contributed by atoms with van der Waals surface area (Å²) in [4.78, 5) is 10.8. The van der Waals surface area contributed by atoms with E-state index in [2.05, 4.69) is 0 Å². The standard InChI is InChI=1S/C8H7N3O2S2/c9-4-14-5-15-6-1-2-7(10)8(3-6)11(12)13/h1-3H,5,10H2. The van der Waals surface area contributed by atoms with Gasteiger partial charge in [0.2, 0.25) is 0 Å². The Kier molecular flexibility index (Phi) is 4.27. The Morgan fingerprint density at radius 2 is 2.33 bits per heavy atom. The van der Waals surface area contributed by atoms with Crippen LogP contribution in [0.15, 0.2) is 23.1 Å². The monoisotopic (exact) mass is 241 g/mol. The minimum atomic E-state index is -0.517. The molecule has 5 nitrogen and oxygen atoms in total. The van der Waals surface area contributed by atoms with Gasteiger partial charge in [0.25, 0.3) is 5.69 Å². The number of nitrogen functional groups attached to an aromatic ring is 1. The van der Waals surface area contributed by atoms with E-state index < -0.39 is 4.92 Å². The van der Waals surface area contributed by atoms with Crippen LogP contribution in [-0.4, -0.2) is 10.0 Å². The zero-order valence-corrected chi connectivity index (χ0v) is 9.18. The van der Waals surface area contributed by atoms with E-state index in [-0.39, 0.29) is 11.4 Å². The second kappa shape index (κ2) is 5.48. The molecule has 0 aliphatic rings. The molecule has 0 radical (unpaired) electrons. The van der Waals surface area contributed by atoms with E-state index in [9.17, 15) is 10.1 Å². The molecule has 7 heteroatoms. The summed E-state index contributed by atoms with van der Waals surface area (Å²) in [6, 6.07) is 4.61. The average Bonchev–Trinajstić information content (AvgIpc) is 2.20. The summed E-state index contributed by atoms with van der Waals surface area (Å²) in [5, 5.41) is 21.3. The SMILES string of the molecule is N#CSCSc1ccc(N)c([N+](=O)[O-])c1. The van der Waals surface area contributed by atoms with Gasteiger partial charge in [-0.05, 0) is 23.9 Å². The van der Waals surface area contributed by atoms with Gasteiger partial charge in [-0.3, -0.25) is 10.1 Å². The van der Waals surface area contributed by atoms with Gasteiger partial charge < -0.3 is 5.73 Å². The Morgan fingerprint density at radius 1 is 1.60 bits per heavy atom. The lowest BCUT2D eigenvalue weighted by atomic mass is 10.3. The van der Waals surface area contributed by atoms with Crippen molar-refractivity contribution >= 4 is 34.9 Å². The van der Waals surface area contributed by atoms with Crippen LogP contribution in [0.2, 0.25) is 0 Å². The molecule has 0 aliphatic heterocycles. The van der Waals surface area contributed by atoms with Gasteiger partial charge in [-0.15, -0.1) is 11.8 Å². The Morgan fingerprint density at radius 3 is 2.93 bits per heavy atom. The first kappa shape index (κ1) is 11.7. The van der Waals surface area contributed by atoms with Crippen molar-refractivity contribution in [1.29, 1.82) is 5.26 Å². The van der Waals surface area contributed by atoms with Gasteiger partial charge in [0, 0.05) is 11.0 Å². The molecule has 2 N–H and O–H groups in total. The van der Waals surface area contributed by atoms with Crippen molar-refractivity contribution in [2.75, 3.05) is 10.8 Å². The maximum atomic E-state index is 10.6. The van der Waals surface area contributed by atoms with Crippen molar-refractivity contribution < 1.29 is 4.92 Å². The average molecular weight is 241 g/mol. The van der Waals surface area contributed by atoms with Crippen LogP contribution in [-0.2, 0) is 0 Å². The number of rotatable bonds is 4. The number of hydrogen-bond acceptors (Lipinski definition) is 6. The molecule has 15 heavy (non-hydrogen) atoms. The Hall–Kier alpha value is -1.39. The third kappa shape index (κ3) is 3.34. The quantitative estimate of drug-likeness (QED) is 0.165. The van der Waals surface area contributed by atoms with Crippen LogP contribution in [0.25, 0.3) is 0 Å². The number of nitro groups is 1. The molecule has 0 bridgehead atoms. The maximum absolute atomic E-state index is 10.6. The minimum Gasteiger partial charge on any atom is -0.393 e. The molecule has 1 rings (SSSR count). The van der Waals surface area contributed by atoms with Crippen molar-refractivity contribution in [3.8, 4) is 5.40 Å². The minimum absolute atomic E-state index is 0.0954. The second-order valence-electron chi connectivity index (χ2n) is 2.48. The summed E-state index contributed by atoms with van der Waals surface area (Å²) >= 11 is 2.45. The van der Waals surface area contributed by atoms with Crippen molar-refractivity contribution in [3.63, 3.8) is 0 Å². The number of thiocyanates is 1. The Balaban J connectivity index is 2.79. The smallest absolute Gasteiger partial charge is 0.293 e. The third-order valence-corrected chi connectivity index (χ3v) is 3.21. The zero-order valence-electron chi connectivity index (χ0n) is 7.54. The maximum Gasteiger partial charge on any atom is 0.293 e. The van der Waals surface area contributed by atoms with Crippen LogP contribution < -0.4 is 5.73 Å². The van der Waals surface area contributed by atoms with Crippen LogP contribution in [0.3, 0.4) is 0 Å².